The van der Waals surface area contributed by atoms with Gasteiger partial charge in [-0.15, -0.1) is 0 Å². The van der Waals surface area contributed by atoms with E-state index in [2.05, 4.69) is 32.7 Å². The Morgan fingerprint density at radius 3 is 3.09 bits per heavy atom. The fraction of sp³-hybridized carbons (Fsp3) is 0.214. The number of rotatable bonds is 1. The predicted octanol–water partition coefficient (Wildman–Crippen LogP) is 3.24. The molecule has 1 aromatic carbocycles. The number of urea groups is 1. The Hall–Kier alpha value is -2.01. The van der Waals surface area contributed by atoms with Crippen molar-refractivity contribution in [2.24, 2.45) is 4.99 Å². The number of fused-ring (bicyclic) bond motifs is 1. The molecule has 2 aromatic rings. The van der Waals surface area contributed by atoms with Gasteiger partial charge in [0.25, 0.3) is 0 Å². The van der Waals surface area contributed by atoms with Crippen LogP contribution in [0.25, 0.3) is 0 Å². The molecule has 3 rings (SSSR count). The molecular formula is C14H12FIN4O3. The van der Waals surface area contributed by atoms with Crippen LogP contribution < -0.4 is 5.48 Å². The van der Waals surface area contributed by atoms with Crippen LogP contribution in [0, 0.1) is 10.5 Å². The van der Waals surface area contributed by atoms with Gasteiger partial charge in [-0.3, -0.25) is 10.1 Å². The average Bonchev–Trinajstić information content (AvgIpc) is 3.00. The Kier molecular flexibility index (Phi) is 4.31. The number of aliphatic imine (C=N–C) groups is 1. The van der Waals surface area contributed by atoms with Crippen molar-refractivity contribution in [3.05, 3.63) is 44.9 Å². The third kappa shape index (κ3) is 2.93. The normalized spacial score (nSPS) is 18.9. The van der Waals surface area contributed by atoms with E-state index in [1.807, 2.05) is 19.1 Å². The highest BCUT2D eigenvalue weighted by Crippen LogP contribution is 2.33. The number of aryl methyl sites for hydroxylation is 1. The third-order valence-electron chi connectivity index (χ3n) is 3.47. The van der Waals surface area contributed by atoms with Crippen LogP contribution >= 0.6 is 22.6 Å². The van der Waals surface area contributed by atoms with Crippen molar-refractivity contribution in [2.75, 3.05) is 0 Å². The molecule has 1 aromatic heterocycles. The van der Waals surface area contributed by atoms with E-state index in [0.29, 0.717) is 11.3 Å². The smallest absolute Gasteiger partial charge is 0.346 e. The van der Waals surface area contributed by atoms with Crippen molar-refractivity contribution < 1.29 is 18.9 Å². The summed E-state index contributed by atoms with van der Waals surface area (Å²) in [6.45, 7) is 1.85. The Balaban J connectivity index is 2.09. The Morgan fingerprint density at radius 2 is 2.39 bits per heavy atom. The standard InChI is InChI=1S/C14H12FIN4O3/c1-7-4-9(16)2-3-10(7)18-13-11(15)12-8(5-17-23-12)6-20(13)14(21)19-22/h2-5,11,22H,6H2,1H3,(H,19,21). The van der Waals surface area contributed by atoms with Gasteiger partial charge >= 0.3 is 6.03 Å². The molecule has 2 heterocycles. The molecule has 0 spiro atoms. The molecule has 0 saturated carbocycles. The number of hydrogen-bond acceptors (Lipinski definition) is 5. The van der Waals surface area contributed by atoms with Crippen molar-refractivity contribution in [1.82, 2.24) is 15.5 Å². The van der Waals surface area contributed by atoms with Crippen molar-refractivity contribution in [3.63, 3.8) is 0 Å². The number of hydroxylamine groups is 1. The van der Waals surface area contributed by atoms with Gasteiger partial charge in [-0.1, -0.05) is 5.16 Å². The number of nitrogens with one attached hydrogen (secondary N) is 1. The lowest BCUT2D eigenvalue weighted by Gasteiger charge is -2.28. The number of nitrogens with zero attached hydrogens (tertiary/aromatic N) is 3. The van der Waals surface area contributed by atoms with Gasteiger partial charge in [0, 0.05) is 9.13 Å². The van der Waals surface area contributed by atoms with Gasteiger partial charge < -0.3 is 4.52 Å². The first kappa shape index (κ1) is 15.9. The van der Waals surface area contributed by atoms with E-state index in [1.165, 1.54) is 11.7 Å². The lowest BCUT2D eigenvalue weighted by atomic mass is 10.1. The minimum Gasteiger partial charge on any atom is -0.357 e. The van der Waals surface area contributed by atoms with Crippen LogP contribution in [0.2, 0.25) is 0 Å². The molecule has 1 aliphatic heterocycles. The highest BCUT2D eigenvalue weighted by atomic mass is 127. The first-order valence-electron chi connectivity index (χ1n) is 6.65. The maximum atomic E-state index is 14.7. The zero-order valence-corrected chi connectivity index (χ0v) is 14.1. The van der Waals surface area contributed by atoms with Crippen LogP contribution in [-0.4, -0.2) is 27.1 Å². The van der Waals surface area contributed by atoms with E-state index in [-0.39, 0.29) is 18.1 Å². The number of carbonyl (C=O) groups excluding carboxylic acids is 1. The zero-order valence-electron chi connectivity index (χ0n) is 12.0. The van der Waals surface area contributed by atoms with Crippen LogP contribution in [0.1, 0.15) is 23.1 Å². The lowest BCUT2D eigenvalue weighted by Crippen LogP contribution is -2.46. The molecule has 1 aliphatic rings. The van der Waals surface area contributed by atoms with Gasteiger partial charge in [-0.2, -0.15) is 0 Å². The number of benzene rings is 1. The maximum absolute atomic E-state index is 14.7. The van der Waals surface area contributed by atoms with E-state index in [0.717, 1.165) is 14.0 Å². The number of halogens is 2. The summed E-state index contributed by atoms with van der Waals surface area (Å²) in [6, 6.07) is 4.59. The highest BCUT2D eigenvalue weighted by molar-refractivity contribution is 14.1. The quantitative estimate of drug-likeness (QED) is 0.413. The summed E-state index contributed by atoms with van der Waals surface area (Å²) < 4.78 is 20.7. The minimum absolute atomic E-state index is 0.00783. The van der Waals surface area contributed by atoms with E-state index < -0.39 is 12.2 Å². The molecule has 1 unspecified atom stereocenters. The Bertz CT molecular complexity index is 792. The van der Waals surface area contributed by atoms with Crippen LogP contribution in [0.3, 0.4) is 0 Å². The SMILES string of the molecule is Cc1cc(I)ccc1N=C1C(F)c2oncc2CN1C(=O)NO. The molecule has 0 saturated heterocycles. The lowest BCUT2D eigenvalue weighted by molar-refractivity contribution is 0.139. The molecule has 2 N–H and O–H groups in total. The largest absolute Gasteiger partial charge is 0.357 e. The van der Waals surface area contributed by atoms with E-state index in [1.54, 1.807) is 6.07 Å². The molecule has 120 valence electrons. The fourth-order valence-corrected chi connectivity index (χ4v) is 2.97. The minimum atomic E-state index is -1.75. The molecule has 9 heteroatoms. The predicted molar refractivity (Wildman–Crippen MR) is 87.2 cm³/mol. The molecule has 7 nitrogen and oxygen atoms in total. The van der Waals surface area contributed by atoms with Gasteiger partial charge in [0.2, 0.25) is 6.17 Å². The maximum Gasteiger partial charge on any atom is 0.346 e. The van der Waals surface area contributed by atoms with Gasteiger partial charge in [0.05, 0.1) is 18.4 Å². The van der Waals surface area contributed by atoms with E-state index >= 15 is 0 Å². The topological polar surface area (TPSA) is 91.0 Å². The van der Waals surface area contributed by atoms with Gasteiger partial charge in [0.1, 0.15) is 0 Å². The van der Waals surface area contributed by atoms with Crippen LogP contribution in [0.4, 0.5) is 14.9 Å². The van der Waals surface area contributed by atoms with Crippen molar-refractivity contribution >= 4 is 40.1 Å². The number of alkyl halides is 1. The molecule has 0 radical (unpaired) electrons. The van der Waals surface area contributed by atoms with E-state index in [9.17, 15) is 9.18 Å². The first-order chi connectivity index (χ1) is 11.0. The van der Waals surface area contributed by atoms with Crippen LogP contribution in [0.5, 0.6) is 0 Å². The summed E-state index contributed by atoms with van der Waals surface area (Å²) in [5, 5.41) is 12.4. The zero-order chi connectivity index (χ0) is 16.6. The van der Waals surface area contributed by atoms with Crippen LogP contribution in [0.15, 0.2) is 33.9 Å². The number of amides is 2. The van der Waals surface area contributed by atoms with Gasteiger partial charge in [-0.05, 0) is 53.3 Å². The van der Waals surface area contributed by atoms with Gasteiger partial charge in [0.15, 0.2) is 11.6 Å². The highest BCUT2D eigenvalue weighted by Gasteiger charge is 2.38. The number of aromatic nitrogens is 1. The second kappa shape index (κ2) is 6.24. The second-order valence-electron chi connectivity index (χ2n) is 4.98. The van der Waals surface area contributed by atoms with Crippen LogP contribution in [-0.2, 0) is 6.54 Å². The first-order valence-corrected chi connectivity index (χ1v) is 7.73. The molecule has 1 atom stereocenters. The van der Waals surface area contributed by atoms with Gasteiger partial charge in [-0.25, -0.2) is 19.7 Å². The third-order valence-corrected chi connectivity index (χ3v) is 4.14. The molecule has 0 bridgehead atoms. The fourth-order valence-electron chi connectivity index (χ4n) is 2.32. The van der Waals surface area contributed by atoms with E-state index in [4.69, 9.17) is 9.73 Å². The number of amidine groups is 1. The molecule has 0 fully saturated rings. The molecule has 23 heavy (non-hydrogen) atoms. The molecular weight excluding hydrogens is 418 g/mol. The summed E-state index contributed by atoms with van der Waals surface area (Å²) >= 11 is 2.16. The Labute approximate surface area is 144 Å². The number of hydrogen-bond donors (Lipinski definition) is 2. The average molecular weight is 430 g/mol. The summed E-state index contributed by atoms with van der Waals surface area (Å²) in [4.78, 5) is 17.1. The van der Waals surface area contributed by atoms with Crippen molar-refractivity contribution in [2.45, 2.75) is 19.6 Å². The summed E-state index contributed by atoms with van der Waals surface area (Å²) in [5.74, 6) is -0.140. The summed E-state index contributed by atoms with van der Waals surface area (Å²) in [6.07, 6.45) is -0.413. The summed E-state index contributed by atoms with van der Waals surface area (Å²) in [5.41, 5.74) is 3.30. The molecule has 2 amide bonds. The van der Waals surface area contributed by atoms with Crippen molar-refractivity contribution in [3.8, 4) is 0 Å². The molecule has 0 aliphatic carbocycles. The monoisotopic (exact) mass is 430 g/mol. The van der Waals surface area contributed by atoms with Crippen molar-refractivity contribution in [1.29, 1.82) is 0 Å². The number of carbonyl (C=O) groups is 1. The Morgan fingerprint density at radius 1 is 1.61 bits per heavy atom. The second-order valence-corrected chi connectivity index (χ2v) is 6.23. The summed E-state index contributed by atoms with van der Waals surface area (Å²) in [7, 11) is 0.